The van der Waals surface area contributed by atoms with E-state index in [0.29, 0.717) is 29.2 Å². The van der Waals surface area contributed by atoms with Crippen molar-refractivity contribution >= 4 is 57.9 Å². The maximum atomic E-state index is 14.3. The number of benzene rings is 1. The largest absolute Gasteiger partial charge is 0.455 e. The van der Waals surface area contributed by atoms with Crippen LogP contribution < -0.4 is 22.1 Å². The zero-order valence-corrected chi connectivity index (χ0v) is 19.0. The van der Waals surface area contributed by atoms with E-state index in [1.54, 1.807) is 17.5 Å². The molecular weight excluding hydrogens is 475 g/mol. The molecule has 9 nitrogen and oxygen atoms in total. The van der Waals surface area contributed by atoms with Gasteiger partial charge in [0.15, 0.2) is 5.76 Å². The number of nitrogens with zero attached hydrogens (tertiary/aromatic N) is 1. The number of thiophene rings is 1. The van der Waals surface area contributed by atoms with E-state index in [9.17, 15) is 18.8 Å². The summed E-state index contributed by atoms with van der Waals surface area (Å²) in [7, 11) is 0. The molecule has 1 aromatic carbocycles. The van der Waals surface area contributed by atoms with Gasteiger partial charge in [-0.05, 0) is 43.0 Å². The maximum Gasteiger partial charge on any atom is 0.326 e. The molecule has 1 atom stereocenters. The third-order valence-electron chi connectivity index (χ3n) is 4.83. The summed E-state index contributed by atoms with van der Waals surface area (Å²) in [6.45, 7) is -0.0678. The summed E-state index contributed by atoms with van der Waals surface area (Å²) >= 11 is 7.07. The highest BCUT2D eigenvalue weighted by atomic mass is 35.5. The Morgan fingerprint density at radius 3 is 2.64 bits per heavy atom. The van der Waals surface area contributed by atoms with Gasteiger partial charge in [0.2, 0.25) is 6.79 Å². The molecule has 2 aromatic rings. The van der Waals surface area contributed by atoms with Gasteiger partial charge in [-0.1, -0.05) is 24.1 Å². The van der Waals surface area contributed by atoms with Crippen molar-refractivity contribution in [1.82, 2.24) is 0 Å². The Morgan fingerprint density at radius 2 is 2.00 bits per heavy atom. The molecule has 3 rings (SSSR count). The summed E-state index contributed by atoms with van der Waals surface area (Å²) in [6, 6.07) is 3.59. The SMILES string of the molecule is NCCCCC(N)C(=O)OCO/C(=C1/C(=O)N(C(N)=O)c2cc(Cl)c(F)cc21)c1cccs1. The highest BCUT2D eigenvalue weighted by molar-refractivity contribution is 7.11. The number of esters is 1. The molecule has 0 saturated carbocycles. The Labute approximate surface area is 197 Å². The van der Waals surface area contributed by atoms with Crippen LogP contribution in [0.5, 0.6) is 0 Å². The van der Waals surface area contributed by atoms with Crippen molar-refractivity contribution in [1.29, 1.82) is 0 Å². The quantitative estimate of drug-likeness (QED) is 0.159. The lowest BCUT2D eigenvalue weighted by Crippen LogP contribution is -2.38. The number of halogens is 2. The topological polar surface area (TPSA) is 151 Å². The van der Waals surface area contributed by atoms with Gasteiger partial charge < -0.3 is 26.7 Å². The normalized spacial score (nSPS) is 15.3. The van der Waals surface area contributed by atoms with E-state index in [0.717, 1.165) is 18.6 Å². The van der Waals surface area contributed by atoms with Gasteiger partial charge in [-0.15, -0.1) is 11.3 Å². The predicted octanol–water partition coefficient (Wildman–Crippen LogP) is 2.81. The number of carbonyl (C=O) groups is 3. The molecule has 0 aliphatic carbocycles. The van der Waals surface area contributed by atoms with Crippen LogP contribution in [0.25, 0.3) is 11.3 Å². The van der Waals surface area contributed by atoms with E-state index >= 15 is 0 Å². The number of fused-ring (bicyclic) bond motifs is 1. The maximum absolute atomic E-state index is 14.3. The van der Waals surface area contributed by atoms with Gasteiger partial charge in [0.25, 0.3) is 5.91 Å². The Morgan fingerprint density at radius 1 is 1.24 bits per heavy atom. The second-order valence-electron chi connectivity index (χ2n) is 7.06. The molecule has 0 bridgehead atoms. The first-order chi connectivity index (χ1) is 15.8. The van der Waals surface area contributed by atoms with Crippen molar-refractivity contribution in [2.24, 2.45) is 17.2 Å². The van der Waals surface area contributed by atoms with Crippen LogP contribution in [0.1, 0.15) is 29.7 Å². The number of rotatable bonds is 9. The summed E-state index contributed by atoms with van der Waals surface area (Å²) in [6.07, 6.45) is 1.79. The standard InChI is InChI=1S/C21H22ClFN4O5S/c22-12-9-15-11(8-13(12)23)17(19(28)27(15)21(26)30)18(16-5-3-7-33-16)31-10-32-20(29)14(25)4-1-2-6-24/h3,5,7-9,14H,1-2,4,6,10,24-25H2,(H2,26,30)/b18-17+. The average molecular weight is 497 g/mol. The molecule has 3 amide bonds. The number of imide groups is 1. The van der Waals surface area contributed by atoms with Crippen LogP contribution in [0.4, 0.5) is 14.9 Å². The number of urea groups is 1. The molecule has 1 aliphatic heterocycles. The molecular formula is C21H22ClFN4O5S. The first kappa shape index (κ1) is 24.6. The molecule has 0 fully saturated rings. The average Bonchev–Trinajstić information content (AvgIpc) is 3.38. The second-order valence-corrected chi connectivity index (χ2v) is 8.42. The fraction of sp³-hybridized carbons (Fsp3) is 0.286. The number of anilines is 1. The minimum atomic E-state index is -1.07. The lowest BCUT2D eigenvalue weighted by Gasteiger charge is -2.15. The third kappa shape index (κ3) is 5.33. The van der Waals surface area contributed by atoms with Crippen LogP contribution in [-0.2, 0) is 19.1 Å². The van der Waals surface area contributed by atoms with Gasteiger partial charge in [0.1, 0.15) is 11.9 Å². The van der Waals surface area contributed by atoms with E-state index in [1.165, 1.54) is 11.3 Å². The van der Waals surface area contributed by atoms with E-state index < -0.39 is 36.6 Å². The summed E-state index contributed by atoms with van der Waals surface area (Å²) in [4.78, 5) is 38.3. The summed E-state index contributed by atoms with van der Waals surface area (Å²) in [5, 5.41) is 1.44. The predicted molar refractivity (Wildman–Crippen MR) is 123 cm³/mol. The van der Waals surface area contributed by atoms with Crippen molar-refractivity contribution in [3.63, 3.8) is 0 Å². The zero-order valence-electron chi connectivity index (χ0n) is 17.4. The van der Waals surface area contributed by atoms with Crippen molar-refractivity contribution in [2.75, 3.05) is 18.2 Å². The lowest BCUT2D eigenvalue weighted by molar-refractivity contribution is -0.153. The smallest absolute Gasteiger partial charge is 0.326 e. The van der Waals surface area contributed by atoms with Crippen molar-refractivity contribution < 1.29 is 28.2 Å². The molecule has 0 spiro atoms. The minimum Gasteiger partial charge on any atom is -0.455 e. The van der Waals surface area contributed by atoms with Crippen molar-refractivity contribution in [3.05, 3.63) is 50.9 Å². The number of unbranched alkanes of at least 4 members (excludes halogenated alkanes) is 1. The van der Waals surface area contributed by atoms with E-state index in [2.05, 4.69) is 0 Å². The number of nitrogens with two attached hydrogens (primary N) is 3. The molecule has 0 radical (unpaired) electrons. The molecule has 1 aliphatic rings. The van der Waals surface area contributed by atoms with Crippen LogP contribution in [0.3, 0.4) is 0 Å². The number of hydrogen-bond donors (Lipinski definition) is 3. The highest BCUT2D eigenvalue weighted by Gasteiger charge is 2.40. The summed E-state index contributed by atoms with van der Waals surface area (Å²) < 4.78 is 25.0. The summed E-state index contributed by atoms with van der Waals surface area (Å²) in [5.41, 5.74) is 16.6. The fourth-order valence-corrected chi connectivity index (χ4v) is 4.14. The Bertz CT molecular complexity index is 1090. The molecule has 12 heteroatoms. The Kier molecular flexibility index (Phi) is 8.03. The number of ether oxygens (including phenoxy) is 2. The van der Waals surface area contributed by atoms with Gasteiger partial charge in [-0.2, -0.15) is 0 Å². The Balaban J connectivity index is 1.92. The van der Waals surface area contributed by atoms with Crippen LogP contribution in [-0.4, -0.2) is 37.3 Å². The molecule has 1 aromatic heterocycles. The summed E-state index contributed by atoms with van der Waals surface area (Å²) in [5.74, 6) is -2.32. The molecule has 6 N–H and O–H groups in total. The molecule has 176 valence electrons. The van der Waals surface area contributed by atoms with Crippen LogP contribution in [0, 0.1) is 5.82 Å². The zero-order chi connectivity index (χ0) is 24.1. The number of carbonyl (C=O) groups excluding carboxylic acids is 3. The lowest BCUT2D eigenvalue weighted by atomic mass is 10.0. The number of hydrogen-bond acceptors (Lipinski definition) is 8. The first-order valence-electron chi connectivity index (χ1n) is 9.92. The number of amides is 3. The second kappa shape index (κ2) is 10.8. The highest BCUT2D eigenvalue weighted by Crippen LogP contribution is 2.43. The minimum absolute atomic E-state index is 0.00812. The van der Waals surface area contributed by atoms with Gasteiger partial charge in [0.05, 0.1) is 21.2 Å². The van der Waals surface area contributed by atoms with Gasteiger partial charge in [-0.25, -0.2) is 14.1 Å². The molecule has 0 saturated heterocycles. The van der Waals surface area contributed by atoms with E-state index in [1.807, 2.05) is 0 Å². The molecule has 2 heterocycles. The van der Waals surface area contributed by atoms with Crippen LogP contribution in [0.2, 0.25) is 5.02 Å². The molecule has 33 heavy (non-hydrogen) atoms. The monoisotopic (exact) mass is 496 g/mol. The molecule has 1 unspecified atom stereocenters. The van der Waals surface area contributed by atoms with Crippen molar-refractivity contribution in [2.45, 2.75) is 25.3 Å². The van der Waals surface area contributed by atoms with Gasteiger partial charge in [0, 0.05) is 5.56 Å². The van der Waals surface area contributed by atoms with Gasteiger partial charge in [-0.3, -0.25) is 9.59 Å². The van der Waals surface area contributed by atoms with Crippen LogP contribution >= 0.6 is 22.9 Å². The third-order valence-corrected chi connectivity index (χ3v) is 5.99. The fourth-order valence-electron chi connectivity index (χ4n) is 3.25. The van der Waals surface area contributed by atoms with E-state index in [4.69, 9.17) is 38.3 Å². The Hall–Kier alpha value is -2.99. The van der Waals surface area contributed by atoms with E-state index in [-0.39, 0.29) is 27.6 Å². The van der Waals surface area contributed by atoms with Crippen LogP contribution in [0.15, 0.2) is 29.6 Å². The van der Waals surface area contributed by atoms with Crippen molar-refractivity contribution in [3.8, 4) is 0 Å². The van der Waals surface area contributed by atoms with Gasteiger partial charge >= 0.3 is 12.0 Å². The number of primary amides is 1. The first-order valence-corrected chi connectivity index (χ1v) is 11.2.